The number of halogens is 1. The highest BCUT2D eigenvalue weighted by Crippen LogP contribution is 2.17. The number of aliphatic hydroxyl groups excluding tert-OH is 1. The molecule has 2 aromatic carbocycles. The van der Waals surface area contributed by atoms with Gasteiger partial charge in [-0.1, -0.05) is 0 Å². The Bertz CT molecular complexity index is 708. The molecule has 0 spiro atoms. The van der Waals surface area contributed by atoms with E-state index in [-0.39, 0.29) is 12.4 Å². The van der Waals surface area contributed by atoms with Gasteiger partial charge in [-0.15, -0.1) is 0 Å². The van der Waals surface area contributed by atoms with Crippen LogP contribution >= 0.6 is 0 Å². The Balaban J connectivity index is 0.000000593. The van der Waals surface area contributed by atoms with Gasteiger partial charge < -0.3 is 15.2 Å². The molecule has 0 heterocycles. The summed E-state index contributed by atoms with van der Waals surface area (Å²) in [7, 11) is -1.17. The molecule has 7 heteroatoms. The fourth-order valence-electron chi connectivity index (χ4n) is 1.77. The molecule has 0 aliphatic carbocycles. The maximum Gasteiger partial charge on any atom is 0.448 e. The quantitative estimate of drug-likeness (QED) is 0.589. The van der Waals surface area contributed by atoms with Crippen LogP contribution in [-0.4, -0.2) is 28.1 Å². The average Bonchev–Trinajstić information content (AvgIpc) is 2.53. The molecule has 0 radical (unpaired) electrons. The molecule has 0 saturated heterocycles. The second kappa shape index (κ2) is 8.81. The number of carbonyl (C=O) groups is 1. The van der Waals surface area contributed by atoms with Gasteiger partial charge >= 0.3 is 7.12 Å². The third kappa shape index (κ3) is 5.64. The summed E-state index contributed by atoms with van der Waals surface area (Å²) in [6, 6.07) is 11.6. The molecule has 2 rings (SSSR count). The minimum atomic E-state index is -1.17. The van der Waals surface area contributed by atoms with Crippen molar-refractivity contribution in [3.63, 3.8) is 0 Å². The molecule has 0 bridgehead atoms. The second-order valence-corrected chi connectivity index (χ2v) is 4.61. The molecule has 0 amide bonds. The van der Waals surface area contributed by atoms with Crippen molar-refractivity contribution in [1.82, 2.24) is 0 Å². The smallest absolute Gasteiger partial charge is 0.427 e. The van der Waals surface area contributed by atoms with E-state index in [4.69, 9.17) is 15.3 Å². The Hall–Kier alpha value is -2.53. The zero-order chi connectivity index (χ0) is 17.4. The van der Waals surface area contributed by atoms with Gasteiger partial charge in [-0.05, 0) is 54.9 Å². The Morgan fingerprint density at radius 3 is 2.26 bits per heavy atom. The van der Waals surface area contributed by atoms with E-state index in [1.165, 1.54) is 49.3 Å². The van der Waals surface area contributed by atoms with Crippen LogP contribution in [0.2, 0.25) is 6.82 Å². The second-order valence-electron chi connectivity index (χ2n) is 4.61. The van der Waals surface area contributed by atoms with Crippen molar-refractivity contribution in [2.45, 2.75) is 13.4 Å². The van der Waals surface area contributed by atoms with Crippen LogP contribution in [0.3, 0.4) is 0 Å². The molecule has 2 aromatic rings. The number of nitriles is 1. The largest absolute Gasteiger partial charge is 0.448 e. The summed E-state index contributed by atoms with van der Waals surface area (Å²) in [5, 5.41) is 33.3. The van der Waals surface area contributed by atoms with E-state index in [0.717, 1.165) is 0 Å². The maximum atomic E-state index is 12.8. The monoisotopic (exact) mass is 315 g/mol. The predicted molar refractivity (Wildman–Crippen MR) is 83.0 cm³/mol. The zero-order valence-corrected chi connectivity index (χ0v) is 12.4. The first-order valence-electron chi connectivity index (χ1n) is 6.69. The predicted octanol–water partition coefficient (Wildman–Crippen LogP) is 1.51. The normalized spacial score (nSPS) is 9.39. The molecule has 118 valence electrons. The van der Waals surface area contributed by atoms with Gasteiger partial charge in [-0.2, -0.15) is 5.26 Å². The van der Waals surface area contributed by atoms with E-state index in [9.17, 15) is 14.3 Å². The highest BCUT2D eigenvalue weighted by molar-refractivity contribution is 6.38. The summed E-state index contributed by atoms with van der Waals surface area (Å²) in [4.78, 5) is 12.2. The summed E-state index contributed by atoms with van der Waals surface area (Å²) in [6.45, 7) is 0.942. The lowest BCUT2D eigenvalue weighted by Gasteiger charge is -2.07. The number of rotatable bonds is 3. The lowest BCUT2D eigenvalue weighted by atomic mass is 9.97. The van der Waals surface area contributed by atoms with Crippen LogP contribution in [0, 0.1) is 17.1 Å². The van der Waals surface area contributed by atoms with Crippen LogP contribution in [0.5, 0.6) is 0 Å². The van der Waals surface area contributed by atoms with Gasteiger partial charge in [0.15, 0.2) is 5.78 Å². The Labute approximate surface area is 133 Å². The zero-order valence-electron chi connectivity index (χ0n) is 12.4. The molecule has 0 saturated carbocycles. The Kier molecular flexibility index (Phi) is 7.09. The molecule has 0 aliphatic rings. The number of nitrogens with zero attached hydrogens (tertiary/aromatic N) is 1. The standard InChI is InChI=1S/C15H10FNO2.CH5BO2/c16-13-4-2-11(3-5-13)15(19)14-6-1-10(8-17)7-12(14)9-18;1-2(3)4/h1-7,18H,9H2;3-4H,1H3. The van der Waals surface area contributed by atoms with Crippen LogP contribution in [0.4, 0.5) is 4.39 Å². The van der Waals surface area contributed by atoms with Gasteiger partial charge in [0.25, 0.3) is 0 Å². The highest BCUT2D eigenvalue weighted by Gasteiger charge is 2.13. The Morgan fingerprint density at radius 1 is 1.22 bits per heavy atom. The molecular formula is C16H15BFNO4. The number of benzene rings is 2. The first-order valence-corrected chi connectivity index (χ1v) is 6.69. The van der Waals surface area contributed by atoms with Gasteiger partial charge in [0.2, 0.25) is 0 Å². The first kappa shape index (κ1) is 18.5. The number of carbonyl (C=O) groups excluding carboxylic acids is 1. The van der Waals surface area contributed by atoms with Crippen molar-refractivity contribution in [1.29, 1.82) is 5.26 Å². The summed E-state index contributed by atoms with van der Waals surface area (Å²) in [6.07, 6.45) is 0. The molecule has 0 atom stereocenters. The minimum Gasteiger partial charge on any atom is -0.427 e. The number of hydrogen-bond acceptors (Lipinski definition) is 5. The van der Waals surface area contributed by atoms with Crippen LogP contribution in [-0.2, 0) is 6.61 Å². The van der Waals surface area contributed by atoms with Crippen molar-refractivity contribution in [2.24, 2.45) is 0 Å². The minimum absolute atomic E-state index is 0.312. The van der Waals surface area contributed by atoms with E-state index in [1.54, 1.807) is 0 Å². The summed E-state index contributed by atoms with van der Waals surface area (Å²) in [5.41, 5.74) is 1.40. The van der Waals surface area contributed by atoms with E-state index < -0.39 is 12.9 Å². The van der Waals surface area contributed by atoms with E-state index >= 15 is 0 Å². The molecule has 0 aromatic heterocycles. The fourth-order valence-corrected chi connectivity index (χ4v) is 1.77. The molecule has 0 unspecified atom stereocenters. The number of aliphatic hydroxyl groups is 1. The molecule has 5 nitrogen and oxygen atoms in total. The summed E-state index contributed by atoms with van der Waals surface area (Å²) < 4.78 is 12.8. The summed E-state index contributed by atoms with van der Waals surface area (Å²) in [5.74, 6) is -0.729. The lowest BCUT2D eigenvalue weighted by molar-refractivity contribution is 0.103. The molecule has 0 fully saturated rings. The maximum absolute atomic E-state index is 12.8. The van der Waals surface area contributed by atoms with Gasteiger partial charge in [0.05, 0.1) is 18.2 Å². The molecule has 23 heavy (non-hydrogen) atoms. The van der Waals surface area contributed by atoms with E-state index in [0.29, 0.717) is 22.3 Å². The van der Waals surface area contributed by atoms with Gasteiger partial charge in [-0.3, -0.25) is 4.79 Å². The van der Waals surface area contributed by atoms with E-state index in [1.807, 2.05) is 6.07 Å². The fraction of sp³-hybridized carbons (Fsp3) is 0.125. The first-order chi connectivity index (χ1) is 10.9. The van der Waals surface area contributed by atoms with Crippen LogP contribution in [0.15, 0.2) is 42.5 Å². The van der Waals surface area contributed by atoms with Crippen LogP contribution in [0.1, 0.15) is 27.0 Å². The lowest BCUT2D eigenvalue weighted by Crippen LogP contribution is -2.06. The number of hydrogen-bond donors (Lipinski definition) is 3. The van der Waals surface area contributed by atoms with Crippen molar-refractivity contribution >= 4 is 12.9 Å². The topological polar surface area (TPSA) is 102 Å². The Morgan fingerprint density at radius 2 is 1.78 bits per heavy atom. The van der Waals surface area contributed by atoms with Crippen LogP contribution < -0.4 is 0 Å². The van der Waals surface area contributed by atoms with Crippen molar-refractivity contribution < 1.29 is 24.3 Å². The van der Waals surface area contributed by atoms with Crippen molar-refractivity contribution in [2.75, 3.05) is 0 Å². The van der Waals surface area contributed by atoms with Gasteiger partial charge in [0.1, 0.15) is 5.82 Å². The highest BCUT2D eigenvalue weighted by atomic mass is 19.1. The van der Waals surface area contributed by atoms with Crippen molar-refractivity contribution in [3.8, 4) is 6.07 Å². The SMILES string of the molecule is CB(O)O.N#Cc1ccc(C(=O)c2ccc(F)cc2)c(CO)c1. The average molecular weight is 315 g/mol. The molecule has 0 aliphatic heterocycles. The third-order valence-corrected chi connectivity index (χ3v) is 2.76. The number of ketones is 1. The molecular weight excluding hydrogens is 300 g/mol. The summed E-state index contributed by atoms with van der Waals surface area (Å²) >= 11 is 0. The molecule has 3 N–H and O–H groups in total. The van der Waals surface area contributed by atoms with Crippen molar-refractivity contribution in [3.05, 3.63) is 70.5 Å². The van der Waals surface area contributed by atoms with Gasteiger partial charge in [-0.25, -0.2) is 4.39 Å². The third-order valence-electron chi connectivity index (χ3n) is 2.76. The van der Waals surface area contributed by atoms with E-state index in [2.05, 4.69) is 0 Å². The van der Waals surface area contributed by atoms with Crippen LogP contribution in [0.25, 0.3) is 0 Å². The van der Waals surface area contributed by atoms with Gasteiger partial charge in [0, 0.05) is 11.1 Å².